The molecule has 116 valence electrons. The van der Waals surface area contributed by atoms with Gasteiger partial charge in [0.25, 0.3) is 5.91 Å². The molecule has 0 fully saturated rings. The van der Waals surface area contributed by atoms with Gasteiger partial charge in [0, 0.05) is 29.7 Å². The van der Waals surface area contributed by atoms with Crippen molar-refractivity contribution in [2.24, 2.45) is 0 Å². The molecule has 1 aromatic carbocycles. The number of halogens is 1. The Balaban J connectivity index is 1.55. The monoisotopic (exact) mass is 328 g/mol. The van der Waals surface area contributed by atoms with Crippen LogP contribution in [0.3, 0.4) is 0 Å². The third-order valence-electron chi connectivity index (χ3n) is 3.09. The summed E-state index contributed by atoms with van der Waals surface area (Å²) in [5.74, 6) is 0.715. The van der Waals surface area contributed by atoms with Crippen LogP contribution in [0.25, 0.3) is 11.4 Å². The van der Waals surface area contributed by atoms with E-state index in [0.29, 0.717) is 35.4 Å². The normalized spacial score (nSPS) is 10.5. The second-order valence-electron chi connectivity index (χ2n) is 4.74. The number of rotatable bonds is 5. The van der Waals surface area contributed by atoms with Gasteiger partial charge in [0.05, 0.1) is 0 Å². The van der Waals surface area contributed by atoms with E-state index in [0.717, 1.165) is 5.56 Å². The Hall–Kier alpha value is -2.73. The number of pyridine rings is 1. The number of carbonyl (C=O) groups excluding carboxylic acids is 1. The number of nitrogens with zero attached hydrogens (tertiary/aromatic N) is 3. The first-order valence-corrected chi connectivity index (χ1v) is 7.38. The fourth-order valence-corrected chi connectivity index (χ4v) is 2.07. The molecule has 6 nitrogen and oxygen atoms in total. The lowest BCUT2D eigenvalue weighted by Gasteiger charge is -2.01. The second kappa shape index (κ2) is 7.02. The summed E-state index contributed by atoms with van der Waals surface area (Å²) in [4.78, 5) is 20.1. The largest absolute Gasteiger partial charge is 0.350 e. The number of hydrogen-bond acceptors (Lipinski definition) is 5. The minimum absolute atomic E-state index is 0.233. The lowest BCUT2D eigenvalue weighted by Crippen LogP contribution is -2.26. The molecule has 1 N–H and O–H groups in total. The van der Waals surface area contributed by atoms with Gasteiger partial charge in [-0.1, -0.05) is 22.8 Å². The molecule has 3 aromatic rings. The van der Waals surface area contributed by atoms with Gasteiger partial charge in [-0.15, -0.1) is 0 Å². The van der Waals surface area contributed by atoms with Crippen LogP contribution in [0.15, 0.2) is 53.2 Å². The molecule has 2 aromatic heterocycles. The van der Waals surface area contributed by atoms with E-state index in [4.69, 9.17) is 16.1 Å². The first kappa shape index (κ1) is 15.2. The van der Waals surface area contributed by atoms with Crippen LogP contribution in [0.5, 0.6) is 0 Å². The Morgan fingerprint density at radius 2 is 2.00 bits per heavy atom. The number of aromatic nitrogens is 3. The van der Waals surface area contributed by atoms with Crippen molar-refractivity contribution >= 4 is 17.5 Å². The number of amides is 1. The quantitative estimate of drug-likeness (QED) is 0.779. The Bertz CT molecular complexity index is 787. The summed E-state index contributed by atoms with van der Waals surface area (Å²) >= 11 is 5.84. The van der Waals surface area contributed by atoms with Crippen LogP contribution in [0.2, 0.25) is 5.02 Å². The number of benzene rings is 1. The fraction of sp³-hybridized carbons (Fsp3) is 0.125. The van der Waals surface area contributed by atoms with Crippen molar-refractivity contribution in [2.75, 3.05) is 6.54 Å². The van der Waals surface area contributed by atoms with Crippen molar-refractivity contribution in [1.82, 2.24) is 20.4 Å². The Kier molecular flexibility index (Phi) is 4.63. The average Bonchev–Trinajstić information content (AvgIpc) is 3.05. The van der Waals surface area contributed by atoms with Gasteiger partial charge >= 0.3 is 0 Å². The van der Waals surface area contributed by atoms with Gasteiger partial charge < -0.3 is 9.84 Å². The smallest absolute Gasteiger partial charge is 0.269 e. The molecule has 0 saturated heterocycles. The zero-order valence-corrected chi connectivity index (χ0v) is 12.8. The first-order valence-electron chi connectivity index (χ1n) is 7.00. The van der Waals surface area contributed by atoms with Crippen LogP contribution in [-0.2, 0) is 6.42 Å². The van der Waals surface area contributed by atoms with E-state index < -0.39 is 0 Å². The van der Waals surface area contributed by atoms with Crippen molar-refractivity contribution in [1.29, 1.82) is 0 Å². The van der Waals surface area contributed by atoms with E-state index in [2.05, 4.69) is 20.4 Å². The molecule has 0 aliphatic carbocycles. The predicted octanol–water partition coefficient (Wildman–Crippen LogP) is 2.76. The highest BCUT2D eigenvalue weighted by Crippen LogP contribution is 2.18. The highest BCUT2D eigenvalue weighted by Gasteiger charge is 2.10. The molecule has 0 bridgehead atoms. The molecule has 3 rings (SSSR count). The highest BCUT2D eigenvalue weighted by atomic mass is 35.5. The molecule has 0 atom stereocenters. The molecular formula is C16H13ClN4O2. The van der Waals surface area contributed by atoms with E-state index in [9.17, 15) is 4.79 Å². The minimum atomic E-state index is -0.233. The van der Waals surface area contributed by atoms with Crippen LogP contribution in [0.4, 0.5) is 0 Å². The molecule has 1 amide bonds. The fourth-order valence-electron chi connectivity index (χ4n) is 1.94. The van der Waals surface area contributed by atoms with E-state index in [1.165, 1.54) is 0 Å². The summed E-state index contributed by atoms with van der Waals surface area (Å²) in [7, 11) is 0. The van der Waals surface area contributed by atoms with E-state index in [1.54, 1.807) is 36.5 Å². The van der Waals surface area contributed by atoms with Crippen LogP contribution in [0.1, 0.15) is 16.4 Å². The van der Waals surface area contributed by atoms with Gasteiger partial charge in [-0.2, -0.15) is 4.98 Å². The molecule has 0 aliphatic rings. The van der Waals surface area contributed by atoms with Crippen molar-refractivity contribution in [3.63, 3.8) is 0 Å². The summed E-state index contributed by atoms with van der Waals surface area (Å²) in [5.41, 5.74) is 1.20. The lowest BCUT2D eigenvalue weighted by atomic mass is 10.2. The zero-order chi connectivity index (χ0) is 16.1. The first-order chi connectivity index (χ1) is 11.2. The zero-order valence-electron chi connectivity index (χ0n) is 12.1. The van der Waals surface area contributed by atoms with Gasteiger partial charge in [-0.05, 0) is 36.4 Å². The highest BCUT2D eigenvalue weighted by molar-refractivity contribution is 6.30. The predicted molar refractivity (Wildman–Crippen MR) is 85.0 cm³/mol. The van der Waals surface area contributed by atoms with Crippen molar-refractivity contribution < 1.29 is 9.32 Å². The van der Waals surface area contributed by atoms with Crippen molar-refractivity contribution in [2.45, 2.75) is 6.42 Å². The van der Waals surface area contributed by atoms with Gasteiger partial charge in [-0.3, -0.25) is 9.78 Å². The Morgan fingerprint density at radius 1 is 1.17 bits per heavy atom. The van der Waals surface area contributed by atoms with E-state index in [-0.39, 0.29) is 5.91 Å². The number of nitrogens with one attached hydrogen (secondary N) is 1. The molecule has 7 heteroatoms. The molecule has 0 saturated carbocycles. The Morgan fingerprint density at radius 3 is 2.74 bits per heavy atom. The molecule has 0 unspecified atom stereocenters. The summed E-state index contributed by atoms with van der Waals surface area (Å²) in [6.45, 7) is 0.387. The third-order valence-corrected chi connectivity index (χ3v) is 3.34. The summed E-state index contributed by atoms with van der Waals surface area (Å²) in [6, 6.07) is 12.3. The summed E-state index contributed by atoms with van der Waals surface area (Å²) in [5, 5.41) is 7.32. The van der Waals surface area contributed by atoms with Crippen LogP contribution < -0.4 is 5.32 Å². The van der Waals surface area contributed by atoms with E-state index in [1.807, 2.05) is 12.1 Å². The van der Waals surface area contributed by atoms with Gasteiger partial charge in [0.15, 0.2) is 0 Å². The molecule has 2 heterocycles. The molecule has 0 aliphatic heterocycles. The minimum Gasteiger partial charge on any atom is -0.350 e. The number of carbonyl (C=O) groups is 1. The van der Waals surface area contributed by atoms with Gasteiger partial charge in [0.1, 0.15) is 5.69 Å². The summed E-state index contributed by atoms with van der Waals surface area (Å²) < 4.78 is 5.18. The standard InChI is InChI=1S/C16H13ClN4O2/c17-12-6-4-11(5-7-12)15-20-14(23-21-15)8-10-19-16(22)13-3-1-2-9-18-13/h1-7,9H,8,10H2,(H,19,22). The van der Waals surface area contributed by atoms with Crippen LogP contribution in [-0.4, -0.2) is 27.6 Å². The summed E-state index contributed by atoms with van der Waals surface area (Å²) in [6.07, 6.45) is 2.02. The second-order valence-corrected chi connectivity index (χ2v) is 5.18. The molecule has 23 heavy (non-hydrogen) atoms. The van der Waals surface area contributed by atoms with Crippen molar-refractivity contribution in [3.8, 4) is 11.4 Å². The number of hydrogen-bond donors (Lipinski definition) is 1. The third kappa shape index (κ3) is 3.92. The molecule has 0 spiro atoms. The maximum absolute atomic E-state index is 11.8. The lowest BCUT2D eigenvalue weighted by molar-refractivity contribution is 0.0948. The molecule has 0 radical (unpaired) electrons. The van der Waals surface area contributed by atoms with Gasteiger partial charge in [-0.25, -0.2) is 0 Å². The molecular weight excluding hydrogens is 316 g/mol. The average molecular weight is 329 g/mol. The Labute approximate surface area is 137 Å². The topological polar surface area (TPSA) is 80.9 Å². The maximum Gasteiger partial charge on any atom is 0.269 e. The van der Waals surface area contributed by atoms with Crippen LogP contribution >= 0.6 is 11.6 Å². The van der Waals surface area contributed by atoms with E-state index >= 15 is 0 Å². The van der Waals surface area contributed by atoms with Crippen molar-refractivity contribution in [3.05, 3.63) is 65.3 Å². The van der Waals surface area contributed by atoms with Crippen LogP contribution in [0, 0.1) is 0 Å². The maximum atomic E-state index is 11.8. The van der Waals surface area contributed by atoms with Gasteiger partial charge in [0.2, 0.25) is 11.7 Å². The SMILES string of the molecule is O=C(NCCc1nc(-c2ccc(Cl)cc2)no1)c1ccccn1.